The zero-order valence-corrected chi connectivity index (χ0v) is 11.2. The lowest BCUT2D eigenvalue weighted by molar-refractivity contribution is 0.824. The summed E-state index contributed by atoms with van der Waals surface area (Å²) in [5.41, 5.74) is 1.07. The number of nitrogens with one attached hydrogen (secondary N) is 1. The van der Waals surface area contributed by atoms with Crippen molar-refractivity contribution in [2.45, 2.75) is 33.2 Å². The molecule has 16 heavy (non-hydrogen) atoms. The zero-order chi connectivity index (χ0) is 11.5. The lowest BCUT2D eigenvalue weighted by Gasteiger charge is -1.97. The lowest BCUT2D eigenvalue weighted by atomic mass is 10.2. The number of hydrogen-bond acceptors (Lipinski definition) is 6. The molecule has 4 nitrogen and oxygen atoms in total. The molecular formula is C10H14N4S2. The average molecular weight is 254 g/mol. The second-order valence-corrected chi connectivity index (χ2v) is 5.79. The Morgan fingerprint density at radius 2 is 2.19 bits per heavy atom. The van der Waals surface area contributed by atoms with Gasteiger partial charge in [0.05, 0.1) is 6.54 Å². The van der Waals surface area contributed by atoms with Crippen LogP contribution in [0.4, 0.5) is 5.13 Å². The molecule has 2 aromatic heterocycles. The maximum atomic E-state index is 4.38. The summed E-state index contributed by atoms with van der Waals surface area (Å²) in [7, 11) is 0. The highest BCUT2D eigenvalue weighted by Gasteiger charge is 2.07. The Morgan fingerprint density at radius 3 is 2.75 bits per heavy atom. The highest BCUT2D eigenvalue weighted by Crippen LogP contribution is 2.23. The normalized spacial score (nSPS) is 11.0. The number of thiazole rings is 1. The summed E-state index contributed by atoms with van der Waals surface area (Å²) in [5.74, 6) is 0.440. The Hall–Kier alpha value is -1.01. The Balaban J connectivity index is 1.94. The number of hydrogen-bond donors (Lipinski definition) is 1. The van der Waals surface area contributed by atoms with Crippen molar-refractivity contribution in [3.05, 3.63) is 21.1 Å². The molecule has 0 aliphatic carbocycles. The fourth-order valence-corrected chi connectivity index (χ4v) is 2.63. The maximum Gasteiger partial charge on any atom is 0.206 e. The van der Waals surface area contributed by atoms with Gasteiger partial charge in [0.15, 0.2) is 0 Å². The van der Waals surface area contributed by atoms with Gasteiger partial charge in [-0.25, -0.2) is 4.98 Å². The summed E-state index contributed by atoms with van der Waals surface area (Å²) >= 11 is 3.28. The van der Waals surface area contributed by atoms with Crippen molar-refractivity contribution in [2.24, 2.45) is 0 Å². The van der Waals surface area contributed by atoms with Gasteiger partial charge in [0.2, 0.25) is 5.13 Å². The Bertz CT molecular complexity index is 461. The molecule has 0 bridgehead atoms. The average Bonchev–Trinajstić information content (AvgIpc) is 2.83. The lowest BCUT2D eigenvalue weighted by Crippen LogP contribution is -1.98. The zero-order valence-electron chi connectivity index (χ0n) is 9.52. The van der Waals surface area contributed by atoms with Crippen LogP contribution in [0.25, 0.3) is 0 Å². The minimum absolute atomic E-state index is 0.440. The van der Waals surface area contributed by atoms with E-state index in [1.54, 1.807) is 22.7 Å². The van der Waals surface area contributed by atoms with Gasteiger partial charge in [-0.15, -0.1) is 21.5 Å². The summed E-state index contributed by atoms with van der Waals surface area (Å²) in [4.78, 5) is 4.38. The number of rotatable bonds is 4. The summed E-state index contributed by atoms with van der Waals surface area (Å²) in [6.45, 7) is 6.97. The molecule has 0 saturated carbocycles. The molecule has 0 atom stereocenters. The van der Waals surface area contributed by atoms with E-state index in [0.717, 1.165) is 27.4 Å². The van der Waals surface area contributed by atoms with Gasteiger partial charge in [0.1, 0.15) is 10.0 Å². The first-order valence-electron chi connectivity index (χ1n) is 5.13. The molecule has 2 rings (SSSR count). The van der Waals surface area contributed by atoms with Crippen molar-refractivity contribution >= 4 is 27.8 Å². The Morgan fingerprint density at radius 1 is 1.38 bits per heavy atom. The predicted molar refractivity (Wildman–Crippen MR) is 68.2 cm³/mol. The molecule has 0 aliphatic rings. The fraction of sp³-hybridized carbons (Fsp3) is 0.500. The first kappa shape index (κ1) is 11.5. The van der Waals surface area contributed by atoms with Crippen molar-refractivity contribution in [1.29, 1.82) is 0 Å². The van der Waals surface area contributed by atoms with Crippen LogP contribution in [0, 0.1) is 6.92 Å². The topological polar surface area (TPSA) is 50.7 Å². The van der Waals surface area contributed by atoms with Gasteiger partial charge in [-0.2, -0.15) is 0 Å². The van der Waals surface area contributed by atoms with Crippen molar-refractivity contribution in [2.75, 3.05) is 5.32 Å². The predicted octanol–water partition coefficient (Wildman–Crippen LogP) is 3.04. The molecule has 0 radical (unpaired) electrons. The van der Waals surface area contributed by atoms with E-state index in [1.165, 1.54) is 0 Å². The van der Waals surface area contributed by atoms with Gasteiger partial charge in [-0.1, -0.05) is 25.2 Å². The van der Waals surface area contributed by atoms with E-state index in [0.29, 0.717) is 5.92 Å². The minimum atomic E-state index is 0.440. The van der Waals surface area contributed by atoms with Crippen LogP contribution in [0.2, 0.25) is 0 Å². The van der Waals surface area contributed by atoms with E-state index in [9.17, 15) is 0 Å². The molecule has 0 saturated heterocycles. The van der Waals surface area contributed by atoms with Gasteiger partial charge >= 0.3 is 0 Å². The summed E-state index contributed by atoms with van der Waals surface area (Å²) in [5, 5.41) is 16.5. The monoisotopic (exact) mass is 254 g/mol. The van der Waals surface area contributed by atoms with E-state index in [1.807, 2.05) is 6.92 Å². The molecule has 0 aromatic carbocycles. The number of nitrogens with zero attached hydrogens (tertiary/aromatic N) is 3. The molecule has 6 heteroatoms. The van der Waals surface area contributed by atoms with Crippen LogP contribution in [0.1, 0.15) is 35.5 Å². The standard InChI is InChI=1S/C10H14N4S2/c1-6(2)9-13-14-10(16-9)11-4-8-12-7(3)5-15-8/h5-6H,4H2,1-3H3,(H,11,14). The van der Waals surface area contributed by atoms with E-state index in [2.05, 4.69) is 39.7 Å². The molecule has 0 aliphatic heterocycles. The van der Waals surface area contributed by atoms with Crippen LogP contribution in [0.15, 0.2) is 5.38 Å². The van der Waals surface area contributed by atoms with E-state index in [4.69, 9.17) is 0 Å². The van der Waals surface area contributed by atoms with E-state index >= 15 is 0 Å². The van der Waals surface area contributed by atoms with Crippen molar-refractivity contribution in [3.8, 4) is 0 Å². The van der Waals surface area contributed by atoms with Crippen LogP contribution in [0.3, 0.4) is 0 Å². The van der Waals surface area contributed by atoms with Crippen LogP contribution in [0.5, 0.6) is 0 Å². The highest BCUT2D eigenvalue weighted by molar-refractivity contribution is 7.15. The van der Waals surface area contributed by atoms with Gasteiger partial charge < -0.3 is 5.32 Å². The number of aromatic nitrogens is 3. The molecule has 1 N–H and O–H groups in total. The van der Waals surface area contributed by atoms with Crippen LogP contribution in [-0.2, 0) is 6.54 Å². The van der Waals surface area contributed by atoms with Crippen LogP contribution in [-0.4, -0.2) is 15.2 Å². The third kappa shape index (κ3) is 2.76. The second-order valence-electron chi connectivity index (χ2n) is 3.84. The molecular weight excluding hydrogens is 240 g/mol. The highest BCUT2D eigenvalue weighted by atomic mass is 32.1. The van der Waals surface area contributed by atoms with Crippen molar-refractivity contribution < 1.29 is 0 Å². The van der Waals surface area contributed by atoms with Gasteiger partial charge in [0, 0.05) is 17.0 Å². The summed E-state index contributed by atoms with van der Waals surface area (Å²) < 4.78 is 0. The molecule has 2 heterocycles. The third-order valence-corrected chi connectivity index (χ3v) is 4.14. The maximum absolute atomic E-state index is 4.38. The summed E-state index contributed by atoms with van der Waals surface area (Å²) in [6, 6.07) is 0. The van der Waals surface area contributed by atoms with Gasteiger partial charge in [-0.3, -0.25) is 0 Å². The quantitative estimate of drug-likeness (QED) is 0.911. The molecule has 0 spiro atoms. The Labute approximate surface area is 103 Å². The number of anilines is 1. The van der Waals surface area contributed by atoms with Crippen molar-refractivity contribution in [1.82, 2.24) is 15.2 Å². The van der Waals surface area contributed by atoms with Gasteiger partial charge in [-0.05, 0) is 6.92 Å². The molecule has 86 valence electrons. The number of aryl methyl sites for hydroxylation is 1. The molecule has 0 amide bonds. The smallest absolute Gasteiger partial charge is 0.206 e. The largest absolute Gasteiger partial charge is 0.354 e. The molecule has 0 unspecified atom stereocenters. The van der Waals surface area contributed by atoms with Gasteiger partial charge in [0.25, 0.3) is 0 Å². The first-order chi connectivity index (χ1) is 7.65. The van der Waals surface area contributed by atoms with E-state index in [-0.39, 0.29) is 0 Å². The minimum Gasteiger partial charge on any atom is -0.354 e. The third-order valence-electron chi connectivity index (χ3n) is 1.99. The van der Waals surface area contributed by atoms with E-state index < -0.39 is 0 Å². The Kier molecular flexibility index (Phi) is 3.50. The molecule has 2 aromatic rings. The second kappa shape index (κ2) is 4.88. The van der Waals surface area contributed by atoms with Crippen LogP contribution < -0.4 is 5.32 Å². The fourth-order valence-electron chi connectivity index (χ4n) is 1.17. The first-order valence-corrected chi connectivity index (χ1v) is 6.83. The van der Waals surface area contributed by atoms with Crippen LogP contribution >= 0.6 is 22.7 Å². The van der Waals surface area contributed by atoms with Crippen molar-refractivity contribution in [3.63, 3.8) is 0 Å². The molecule has 0 fully saturated rings. The summed E-state index contributed by atoms with van der Waals surface area (Å²) in [6.07, 6.45) is 0. The SMILES string of the molecule is Cc1csc(CNc2nnc(C(C)C)s2)n1.